The Morgan fingerprint density at radius 1 is 1.32 bits per heavy atom. The van der Waals surface area contributed by atoms with E-state index >= 15 is 0 Å². The van der Waals surface area contributed by atoms with Crippen LogP contribution in [0.5, 0.6) is 0 Å². The SMILES string of the molecule is CCN1C[C@]2(CCCN(C(=O)c3nc4ncccn4n3)C2)CCC1=O. The molecule has 8 heteroatoms. The minimum atomic E-state index is -0.149. The first-order chi connectivity index (χ1) is 12.1. The summed E-state index contributed by atoms with van der Waals surface area (Å²) in [4.78, 5) is 37.0. The predicted molar refractivity (Wildman–Crippen MR) is 89.8 cm³/mol. The van der Waals surface area contributed by atoms with Crippen LogP contribution < -0.4 is 0 Å². The van der Waals surface area contributed by atoms with Crippen molar-refractivity contribution >= 4 is 17.6 Å². The van der Waals surface area contributed by atoms with Gasteiger partial charge in [0.2, 0.25) is 11.7 Å². The quantitative estimate of drug-likeness (QED) is 0.813. The van der Waals surface area contributed by atoms with E-state index < -0.39 is 0 Å². The van der Waals surface area contributed by atoms with Gasteiger partial charge in [0.15, 0.2) is 0 Å². The number of hydrogen-bond acceptors (Lipinski definition) is 5. The molecule has 2 fully saturated rings. The minimum absolute atomic E-state index is 0.00917. The second kappa shape index (κ2) is 6.09. The van der Waals surface area contributed by atoms with Crippen LogP contribution in [-0.2, 0) is 4.79 Å². The first kappa shape index (κ1) is 16.0. The summed E-state index contributed by atoms with van der Waals surface area (Å²) in [6, 6.07) is 1.75. The molecule has 0 aromatic carbocycles. The van der Waals surface area contributed by atoms with Crippen molar-refractivity contribution in [2.45, 2.75) is 32.6 Å². The molecule has 2 aromatic heterocycles. The molecule has 0 unspecified atom stereocenters. The smallest absolute Gasteiger partial charge is 0.293 e. The molecule has 2 amide bonds. The van der Waals surface area contributed by atoms with Crippen molar-refractivity contribution in [3.8, 4) is 0 Å². The molecule has 25 heavy (non-hydrogen) atoms. The van der Waals surface area contributed by atoms with Crippen molar-refractivity contribution < 1.29 is 9.59 Å². The van der Waals surface area contributed by atoms with E-state index in [0.29, 0.717) is 25.3 Å². The topological polar surface area (TPSA) is 83.7 Å². The van der Waals surface area contributed by atoms with Gasteiger partial charge in [-0.2, -0.15) is 4.98 Å². The number of nitrogens with zero attached hydrogens (tertiary/aromatic N) is 6. The van der Waals surface area contributed by atoms with Gasteiger partial charge in [0, 0.05) is 50.4 Å². The number of rotatable bonds is 2. The maximum Gasteiger partial charge on any atom is 0.293 e. The van der Waals surface area contributed by atoms with Gasteiger partial charge in [-0.05, 0) is 32.3 Å². The van der Waals surface area contributed by atoms with E-state index in [4.69, 9.17) is 0 Å². The minimum Gasteiger partial charge on any atom is -0.342 e. The molecule has 8 nitrogen and oxygen atoms in total. The molecule has 4 rings (SSSR count). The summed E-state index contributed by atoms with van der Waals surface area (Å²) < 4.78 is 1.52. The number of carbonyl (C=O) groups excluding carboxylic acids is 2. The van der Waals surface area contributed by atoms with Crippen molar-refractivity contribution in [2.75, 3.05) is 26.2 Å². The van der Waals surface area contributed by atoms with E-state index in [1.807, 2.05) is 16.7 Å². The Morgan fingerprint density at radius 3 is 3.00 bits per heavy atom. The highest BCUT2D eigenvalue weighted by Crippen LogP contribution is 2.39. The van der Waals surface area contributed by atoms with Crippen LogP contribution in [0.1, 0.15) is 43.2 Å². The fourth-order valence-corrected chi connectivity index (χ4v) is 4.07. The summed E-state index contributed by atoms with van der Waals surface area (Å²) in [5.74, 6) is 0.696. The third-order valence-electron chi connectivity index (χ3n) is 5.39. The van der Waals surface area contributed by atoms with Gasteiger partial charge >= 0.3 is 0 Å². The third-order valence-corrected chi connectivity index (χ3v) is 5.39. The van der Waals surface area contributed by atoms with Crippen LogP contribution in [0.3, 0.4) is 0 Å². The molecule has 0 radical (unpaired) electrons. The Hall–Kier alpha value is -2.51. The summed E-state index contributed by atoms with van der Waals surface area (Å²) in [5.41, 5.74) is 0.00917. The van der Waals surface area contributed by atoms with Crippen LogP contribution in [0.2, 0.25) is 0 Å². The van der Waals surface area contributed by atoms with E-state index in [2.05, 4.69) is 15.1 Å². The number of piperidine rings is 2. The number of amides is 2. The lowest BCUT2D eigenvalue weighted by molar-refractivity contribution is -0.138. The maximum absolute atomic E-state index is 12.9. The van der Waals surface area contributed by atoms with E-state index in [1.54, 1.807) is 18.5 Å². The lowest BCUT2D eigenvalue weighted by Gasteiger charge is -2.47. The van der Waals surface area contributed by atoms with Gasteiger partial charge in [-0.3, -0.25) is 9.59 Å². The zero-order valence-electron chi connectivity index (χ0n) is 14.4. The molecule has 2 saturated heterocycles. The normalized spacial score (nSPS) is 24.3. The highest BCUT2D eigenvalue weighted by atomic mass is 16.2. The molecule has 1 spiro atoms. The highest BCUT2D eigenvalue weighted by molar-refractivity contribution is 5.91. The number of hydrogen-bond donors (Lipinski definition) is 0. The number of aromatic nitrogens is 4. The van der Waals surface area contributed by atoms with E-state index in [0.717, 1.165) is 32.4 Å². The van der Waals surface area contributed by atoms with Crippen molar-refractivity contribution in [3.63, 3.8) is 0 Å². The second-order valence-electron chi connectivity index (χ2n) is 7.04. The first-order valence-electron chi connectivity index (χ1n) is 8.85. The molecule has 132 valence electrons. The van der Waals surface area contributed by atoms with Gasteiger partial charge in [0.25, 0.3) is 11.7 Å². The fraction of sp³-hybridized carbons (Fsp3) is 0.588. The van der Waals surface area contributed by atoms with E-state index in [1.165, 1.54) is 4.52 Å². The highest BCUT2D eigenvalue weighted by Gasteiger charge is 2.42. The standard InChI is InChI=1S/C17H22N6O2/c1-2-21-11-17(7-5-13(21)24)6-3-9-22(12-17)15(25)14-19-16-18-8-4-10-23(16)20-14/h4,8,10H,2-3,5-7,9,11-12H2,1H3/t17-/m0/s1. The van der Waals surface area contributed by atoms with Crippen LogP contribution in [0.25, 0.3) is 5.78 Å². The average molecular weight is 342 g/mol. The van der Waals surface area contributed by atoms with Gasteiger partial charge in [-0.1, -0.05) is 0 Å². The zero-order valence-corrected chi connectivity index (χ0v) is 14.4. The van der Waals surface area contributed by atoms with Crippen molar-refractivity contribution in [2.24, 2.45) is 5.41 Å². The fourth-order valence-electron chi connectivity index (χ4n) is 4.07. The average Bonchev–Trinajstić information content (AvgIpc) is 3.07. The Balaban J connectivity index is 1.54. The number of carbonyl (C=O) groups is 2. The molecule has 0 bridgehead atoms. The Kier molecular flexibility index (Phi) is 3.89. The van der Waals surface area contributed by atoms with Crippen LogP contribution >= 0.6 is 0 Å². The zero-order chi connectivity index (χ0) is 17.4. The van der Waals surface area contributed by atoms with Gasteiger partial charge in [-0.25, -0.2) is 9.50 Å². The molecular formula is C17H22N6O2. The summed E-state index contributed by atoms with van der Waals surface area (Å²) in [6.07, 6.45) is 6.80. The first-order valence-corrected chi connectivity index (χ1v) is 8.85. The van der Waals surface area contributed by atoms with Gasteiger partial charge in [-0.15, -0.1) is 5.10 Å². The number of likely N-dealkylation sites (tertiary alicyclic amines) is 2. The Labute approximate surface area is 145 Å². The largest absolute Gasteiger partial charge is 0.342 e. The Morgan fingerprint density at radius 2 is 2.20 bits per heavy atom. The molecule has 1 atom stereocenters. The van der Waals surface area contributed by atoms with Gasteiger partial charge in [0.05, 0.1) is 0 Å². The van der Waals surface area contributed by atoms with Crippen molar-refractivity contribution in [1.29, 1.82) is 0 Å². The summed E-state index contributed by atoms with van der Waals surface area (Å²) in [6.45, 7) is 4.86. The van der Waals surface area contributed by atoms with Crippen LogP contribution in [0.4, 0.5) is 0 Å². The molecule has 2 aromatic rings. The number of fused-ring (bicyclic) bond motifs is 1. The molecule has 0 aliphatic carbocycles. The van der Waals surface area contributed by atoms with E-state index in [-0.39, 0.29) is 23.1 Å². The molecule has 0 N–H and O–H groups in total. The van der Waals surface area contributed by atoms with Crippen LogP contribution in [0.15, 0.2) is 18.5 Å². The lowest BCUT2D eigenvalue weighted by Crippen LogP contribution is -2.55. The van der Waals surface area contributed by atoms with Crippen molar-refractivity contribution in [3.05, 3.63) is 24.3 Å². The molecular weight excluding hydrogens is 320 g/mol. The van der Waals surface area contributed by atoms with Crippen LogP contribution in [0, 0.1) is 5.41 Å². The second-order valence-corrected chi connectivity index (χ2v) is 7.04. The third kappa shape index (κ3) is 2.85. The lowest BCUT2D eigenvalue weighted by atomic mass is 9.73. The summed E-state index contributed by atoms with van der Waals surface area (Å²) in [7, 11) is 0. The predicted octanol–water partition coefficient (Wildman–Crippen LogP) is 0.989. The van der Waals surface area contributed by atoms with E-state index in [9.17, 15) is 9.59 Å². The monoisotopic (exact) mass is 342 g/mol. The molecule has 4 heterocycles. The van der Waals surface area contributed by atoms with Crippen molar-refractivity contribution in [1.82, 2.24) is 29.4 Å². The molecule has 2 aliphatic heterocycles. The molecule has 0 saturated carbocycles. The summed E-state index contributed by atoms with van der Waals surface area (Å²) >= 11 is 0. The van der Waals surface area contributed by atoms with Gasteiger partial charge in [0.1, 0.15) is 0 Å². The molecule has 2 aliphatic rings. The van der Waals surface area contributed by atoms with Gasteiger partial charge < -0.3 is 9.80 Å². The maximum atomic E-state index is 12.9. The van der Waals surface area contributed by atoms with Crippen LogP contribution in [-0.4, -0.2) is 67.4 Å². The Bertz CT molecular complexity index is 785. The summed E-state index contributed by atoms with van der Waals surface area (Å²) in [5, 5.41) is 4.25.